The third-order valence-electron chi connectivity index (χ3n) is 2.14. The minimum absolute atomic E-state index is 0.605. The van der Waals surface area contributed by atoms with E-state index in [2.05, 4.69) is 13.8 Å². The second-order valence-corrected chi connectivity index (χ2v) is 3.37. The van der Waals surface area contributed by atoms with Crippen LogP contribution in [0.25, 0.3) is 0 Å². The largest absolute Gasteiger partial charge is 0.379 e. The maximum absolute atomic E-state index is 8.75. The van der Waals surface area contributed by atoms with Gasteiger partial charge in [-0.2, -0.15) is 0 Å². The summed E-state index contributed by atoms with van der Waals surface area (Å²) in [5.74, 6) is 0.824. The smallest absolute Gasteiger partial charge is 0.102 e. The van der Waals surface area contributed by atoms with Crippen molar-refractivity contribution in [3.8, 4) is 0 Å². The first kappa shape index (κ1) is 10.9. The van der Waals surface area contributed by atoms with Crippen LogP contribution in [0.1, 0.15) is 46.0 Å². The van der Waals surface area contributed by atoms with Crippen LogP contribution < -0.4 is 5.73 Å². The monoisotopic (exact) mass is 159 g/mol. The lowest BCUT2D eigenvalue weighted by atomic mass is 10.0. The Labute approximate surface area is 69.8 Å². The van der Waals surface area contributed by atoms with Gasteiger partial charge in [0.25, 0.3) is 0 Å². The number of aliphatic hydroxyl groups is 1. The molecule has 0 radical (unpaired) electrons. The Morgan fingerprint density at radius 3 is 2.27 bits per heavy atom. The minimum Gasteiger partial charge on any atom is -0.379 e. The quantitative estimate of drug-likeness (QED) is 0.459. The van der Waals surface area contributed by atoms with E-state index >= 15 is 0 Å². The van der Waals surface area contributed by atoms with Gasteiger partial charge in [-0.05, 0) is 18.8 Å². The molecule has 0 aromatic carbocycles. The van der Waals surface area contributed by atoms with E-state index < -0.39 is 6.23 Å². The van der Waals surface area contributed by atoms with E-state index in [0.717, 1.165) is 18.8 Å². The van der Waals surface area contributed by atoms with Gasteiger partial charge in [0.1, 0.15) is 6.23 Å². The van der Waals surface area contributed by atoms with Crippen LogP contribution in [-0.4, -0.2) is 11.3 Å². The van der Waals surface area contributed by atoms with Crippen LogP contribution in [0.3, 0.4) is 0 Å². The van der Waals surface area contributed by atoms with Gasteiger partial charge in [-0.3, -0.25) is 0 Å². The fraction of sp³-hybridized carbons (Fsp3) is 1.00. The highest BCUT2D eigenvalue weighted by Crippen LogP contribution is 2.12. The lowest BCUT2D eigenvalue weighted by Crippen LogP contribution is -2.17. The summed E-state index contributed by atoms with van der Waals surface area (Å²) < 4.78 is 0. The molecule has 0 bridgehead atoms. The van der Waals surface area contributed by atoms with Gasteiger partial charge in [0.2, 0.25) is 0 Å². The Kier molecular flexibility index (Phi) is 6.57. The van der Waals surface area contributed by atoms with Gasteiger partial charge in [-0.25, -0.2) is 0 Å². The number of hydrogen-bond acceptors (Lipinski definition) is 2. The SMILES string of the molecule is CCC(C)CCCCC(N)O. The Morgan fingerprint density at radius 1 is 1.27 bits per heavy atom. The average Bonchev–Trinajstić information content (AvgIpc) is 1.97. The highest BCUT2D eigenvalue weighted by molar-refractivity contribution is 4.52. The van der Waals surface area contributed by atoms with Crippen LogP contribution in [0, 0.1) is 5.92 Å². The number of aliphatic hydroxyl groups excluding tert-OH is 1. The number of unbranched alkanes of at least 4 members (excludes halogenated alkanes) is 1. The molecule has 0 amide bonds. The number of rotatable bonds is 6. The van der Waals surface area contributed by atoms with Crippen molar-refractivity contribution in [3.63, 3.8) is 0 Å². The molecule has 68 valence electrons. The van der Waals surface area contributed by atoms with Crippen LogP contribution in [0.2, 0.25) is 0 Å². The molecule has 0 heterocycles. The third-order valence-corrected chi connectivity index (χ3v) is 2.14. The van der Waals surface area contributed by atoms with Crippen molar-refractivity contribution in [1.29, 1.82) is 0 Å². The zero-order chi connectivity index (χ0) is 8.69. The van der Waals surface area contributed by atoms with Crippen molar-refractivity contribution in [1.82, 2.24) is 0 Å². The lowest BCUT2D eigenvalue weighted by Gasteiger charge is -2.08. The summed E-state index contributed by atoms with van der Waals surface area (Å²) in [5.41, 5.74) is 5.20. The number of hydrogen-bond donors (Lipinski definition) is 2. The van der Waals surface area contributed by atoms with E-state index in [1.807, 2.05) is 0 Å². The highest BCUT2D eigenvalue weighted by Gasteiger charge is 1.99. The second kappa shape index (κ2) is 6.62. The number of nitrogens with two attached hydrogens (primary N) is 1. The predicted octanol–water partition coefficient (Wildman–Crippen LogP) is 1.87. The van der Waals surface area contributed by atoms with E-state index in [1.54, 1.807) is 0 Å². The van der Waals surface area contributed by atoms with E-state index in [9.17, 15) is 0 Å². The molecule has 3 N–H and O–H groups in total. The molecule has 0 rings (SSSR count). The van der Waals surface area contributed by atoms with Crippen molar-refractivity contribution in [2.45, 2.75) is 52.2 Å². The maximum atomic E-state index is 8.75. The molecule has 2 heteroatoms. The molecule has 2 atom stereocenters. The summed E-state index contributed by atoms with van der Waals surface area (Å²) in [6.07, 6.45) is 4.92. The maximum Gasteiger partial charge on any atom is 0.102 e. The first-order valence-electron chi connectivity index (χ1n) is 4.60. The molecule has 0 aromatic heterocycles. The molecule has 0 aliphatic carbocycles. The van der Waals surface area contributed by atoms with Gasteiger partial charge in [0.05, 0.1) is 0 Å². The first-order valence-corrected chi connectivity index (χ1v) is 4.60. The summed E-state index contributed by atoms with van der Waals surface area (Å²) in [5, 5.41) is 8.75. The molecule has 2 nitrogen and oxygen atoms in total. The van der Waals surface area contributed by atoms with Crippen LogP contribution in [0.5, 0.6) is 0 Å². The fourth-order valence-electron chi connectivity index (χ4n) is 1.05. The normalized spacial score (nSPS) is 16.4. The van der Waals surface area contributed by atoms with Crippen molar-refractivity contribution < 1.29 is 5.11 Å². The van der Waals surface area contributed by atoms with Gasteiger partial charge < -0.3 is 10.8 Å². The van der Waals surface area contributed by atoms with Gasteiger partial charge in [0, 0.05) is 0 Å². The molecule has 2 unspecified atom stereocenters. The molecule has 0 saturated carbocycles. The van der Waals surface area contributed by atoms with Crippen molar-refractivity contribution >= 4 is 0 Å². The van der Waals surface area contributed by atoms with Crippen molar-refractivity contribution in [2.75, 3.05) is 0 Å². The summed E-state index contributed by atoms with van der Waals surface area (Å²) in [6, 6.07) is 0. The summed E-state index contributed by atoms with van der Waals surface area (Å²) in [6.45, 7) is 4.47. The van der Waals surface area contributed by atoms with E-state index in [-0.39, 0.29) is 0 Å². The van der Waals surface area contributed by atoms with Gasteiger partial charge >= 0.3 is 0 Å². The standard InChI is InChI=1S/C9H21NO/c1-3-8(2)6-4-5-7-9(10)11/h8-9,11H,3-7,10H2,1-2H3. The average molecular weight is 159 g/mol. The Hall–Kier alpha value is -0.0800. The van der Waals surface area contributed by atoms with Crippen LogP contribution in [0.15, 0.2) is 0 Å². The molecule has 0 fully saturated rings. The van der Waals surface area contributed by atoms with Crippen LogP contribution in [-0.2, 0) is 0 Å². The predicted molar refractivity (Wildman–Crippen MR) is 48.1 cm³/mol. The van der Waals surface area contributed by atoms with E-state index in [0.29, 0.717) is 0 Å². The van der Waals surface area contributed by atoms with E-state index in [4.69, 9.17) is 10.8 Å². The van der Waals surface area contributed by atoms with Crippen molar-refractivity contribution in [3.05, 3.63) is 0 Å². The Balaban J connectivity index is 3.01. The Morgan fingerprint density at radius 2 is 1.82 bits per heavy atom. The first-order chi connectivity index (χ1) is 5.16. The second-order valence-electron chi connectivity index (χ2n) is 3.37. The van der Waals surface area contributed by atoms with Gasteiger partial charge in [-0.1, -0.05) is 33.1 Å². The zero-order valence-electron chi connectivity index (χ0n) is 7.71. The molecule has 0 saturated heterocycles. The molecular weight excluding hydrogens is 138 g/mol. The third kappa shape index (κ3) is 7.82. The fourth-order valence-corrected chi connectivity index (χ4v) is 1.05. The molecule has 0 spiro atoms. The van der Waals surface area contributed by atoms with Crippen LogP contribution in [0.4, 0.5) is 0 Å². The molecule has 11 heavy (non-hydrogen) atoms. The van der Waals surface area contributed by atoms with Crippen molar-refractivity contribution in [2.24, 2.45) is 11.7 Å². The molecule has 0 aliphatic heterocycles. The minimum atomic E-state index is -0.605. The Bertz CT molecular complexity index is 83.6. The lowest BCUT2D eigenvalue weighted by molar-refractivity contribution is 0.167. The van der Waals surface area contributed by atoms with Gasteiger partial charge in [-0.15, -0.1) is 0 Å². The highest BCUT2D eigenvalue weighted by atomic mass is 16.3. The van der Waals surface area contributed by atoms with E-state index in [1.165, 1.54) is 19.3 Å². The molecule has 0 aromatic rings. The zero-order valence-corrected chi connectivity index (χ0v) is 7.71. The van der Waals surface area contributed by atoms with Crippen LogP contribution >= 0.6 is 0 Å². The summed E-state index contributed by atoms with van der Waals surface area (Å²) >= 11 is 0. The van der Waals surface area contributed by atoms with Gasteiger partial charge in [0.15, 0.2) is 0 Å². The summed E-state index contributed by atoms with van der Waals surface area (Å²) in [7, 11) is 0. The topological polar surface area (TPSA) is 46.2 Å². The summed E-state index contributed by atoms with van der Waals surface area (Å²) in [4.78, 5) is 0. The molecular formula is C9H21NO. The molecule has 0 aliphatic rings.